The molecule has 0 saturated heterocycles. The molecule has 0 unspecified atom stereocenters. The first-order chi connectivity index (χ1) is 12.9. The average molecular weight is 385 g/mol. The van der Waals surface area contributed by atoms with E-state index in [4.69, 9.17) is 0 Å². The third kappa shape index (κ3) is 4.47. The van der Waals surface area contributed by atoms with Gasteiger partial charge in [-0.15, -0.1) is 0 Å². The maximum atomic E-state index is 13.4. The van der Waals surface area contributed by atoms with Gasteiger partial charge in [-0.3, -0.25) is 4.31 Å². The zero-order valence-corrected chi connectivity index (χ0v) is 16.3. The zero-order chi connectivity index (χ0) is 19.4. The molecular weight excluding hydrogens is 360 g/mol. The number of likely N-dealkylation sites (N-methyl/N-ethyl adjacent to an activating group) is 1. The van der Waals surface area contributed by atoms with Gasteiger partial charge in [-0.25, -0.2) is 8.42 Å². The van der Waals surface area contributed by atoms with E-state index in [1.807, 2.05) is 55.4 Å². The van der Waals surface area contributed by atoms with Gasteiger partial charge in [-0.1, -0.05) is 48.5 Å². The van der Waals surface area contributed by atoms with E-state index in [1.165, 1.54) is 4.31 Å². The van der Waals surface area contributed by atoms with Crippen molar-refractivity contribution < 1.29 is 13.5 Å². The van der Waals surface area contributed by atoms with Crippen molar-refractivity contribution in [1.29, 1.82) is 0 Å². The van der Waals surface area contributed by atoms with Crippen molar-refractivity contribution in [1.82, 2.24) is 4.90 Å². The van der Waals surface area contributed by atoms with Crippen molar-refractivity contribution in [2.75, 3.05) is 31.5 Å². The molecule has 0 aliphatic carbocycles. The summed E-state index contributed by atoms with van der Waals surface area (Å²) in [6.45, 7) is 0.355. The van der Waals surface area contributed by atoms with Gasteiger partial charge < -0.3 is 10.0 Å². The van der Waals surface area contributed by atoms with E-state index in [0.717, 1.165) is 10.8 Å². The van der Waals surface area contributed by atoms with E-state index in [9.17, 15) is 13.5 Å². The summed E-state index contributed by atoms with van der Waals surface area (Å²) in [4.78, 5) is 2.04. The Hall–Kier alpha value is -2.41. The van der Waals surface area contributed by atoms with Crippen LogP contribution in [0, 0.1) is 0 Å². The smallest absolute Gasteiger partial charge is 0.264 e. The van der Waals surface area contributed by atoms with E-state index in [-0.39, 0.29) is 11.4 Å². The molecule has 0 radical (unpaired) electrons. The van der Waals surface area contributed by atoms with Crippen molar-refractivity contribution >= 4 is 26.5 Å². The average Bonchev–Trinajstić information content (AvgIpc) is 2.65. The molecule has 3 aromatic carbocycles. The van der Waals surface area contributed by atoms with Gasteiger partial charge in [0.05, 0.1) is 23.2 Å². The number of fused-ring (bicyclic) bond motifs is 1. The number of benzene rings is 3. The van der Waals surface area contributed by atoms with Gasteiger partial charge in [0.1, 0.15) is 0 Å². The van der Waals surface area contributed by atoms with Gasteiger partial charge in [0.15, 0.2) is 0 Å². The molecule has 0 bridgehead atoms. The maximum Gasteiger partial charge on any atom is 0.264 e. The fraction of sp³-hybridized carbons (Fsp3) is 0.238. The third-order valence-corrected chi connectivity index (χ3v) is 6.10. The molecule has 6 heteroatoms. The molecule has 0 saturated carbocycles. The van der Waals surface area contributed by atoms with E-state index >= 15 is 0 Å². The topological polar surface area (TPSA) is 60.9 Å². The molecular formula is C21H24N2O3S. The molecule has 27 heavy (non-hydrogen) atoms. The molecule has 0 fully saturated rings. The van der Waals surface area contributed by atoms with Crippen molar-refractivity contribution in [3.05, 3.63) is 72.8 Å². The second-order valence-electron chi connectivity index (χ2n) is 6.80. The summed E-state index contributed by atoms with van der Waals surface area (Å²) in [5.74, 6) is 0. The molecule has 0 aliphatic rings. The Morgan fingerprint density at radius 3 is 2.15 bits per heavy atom. The normalized spacial score (nSPS) is 13.0. The minimum absolute atomic E-state index is 0.0165. The van der Waals surface area contributed by atoms with Crippen LogP contribution in [0.25, 0.3) is 10.8 Å². The second-order valence-corrected chi connectivity index (χ2v) is 8.66. The Kier molecular flexibility index (Phi) is 5.79. The molecule has 0 amide bonds. The molecule has 3 rings (SSSR count). The van der Waals surface area contributed by atoms with Crippen molar-refractivity contribution in [2.24, 2.45) is 0 Å². The second kappa shape index (κ2) is 8.08. The first-order valence-electron chi connectivity index (χ1n) is 8.77. The van der Waals surface area contributed by atoms with E-state index in [1.54, 1.807) is 36.4 Å². The molecule has 0 aliphatic heterocycles. The number of rotatable bonds is 7. The number of hydrogen-bond donors (Lipinski definition) is 1. The van der Waals surface area contributed by atoms with E-state index < -0.39 is 16.1 Å². The maximum absolute atomic E-state index is 13.4. The van der Waals surface area contributed by atoms with E-state index in [0.29, 0.717) is 12.2 Å². The highest BCUT2D eigenvalue weighted by Crippen LogP contribution is 2.26. The lowest BCUT2D eigenvalue weighted by atomic mass is 10.1. The van der Waals surface area contributed by atoms with Gasteiger partial charge in [-0.05, 0) is 49.1 Å². The largest absolute Gasteiger partial charge is 0.390 e. The number of nitrogens with zero attached hydrogens (tertiary/aromatic N) is 2. The Morgan fingerprint density at radius 2 is 1.48 bits per heavy atom. The van der Waals surface area contributed by atoms with Crippen LogP contribution in [-0.4, -0.2) is 51.7 Å². The Balaban J connectivity index is 2.03. The summed E-state index contributed by atoms with van der Waals surface area (Å²) in [6.07, 6.45) is -0.810. The van der Waals surface area contributed by atoms with Gasteiger partial charge in [0, 0.05) is 6.54 Å². The van der Waals surface area contributed by atoms with Crippen LogP contribution in [0.4, 0.5) is 5.69 Å². The Labute approximate surface area is 160 Å². The van der Waals surface area contributed by atoms with Gasteiger partial charge >= 0.3 is 0 Å². The van der Waals surface area contributed by atoms with Crippen molar-refractivity contribution in [3.8, 4) is 0 Å². The molecule has 1 atom stereocenters. The Morgan fingerprint density at radius 1 is 0.852 bits per heavy atom. The number of sulfonamides is 1. The highest BCUT2D eigenvalue weighted by atomic mass is 32.2. The van der Waals surface area contributed by atoms with Crippen LogP contribution in [0.1, 0.15) is 0 Å². The van der Waals surface area contributed by atoms with Crippen LogP contribution in [0.5, 0.6) is 0 Å². The van der Waals surface area contributed by atoms with Crippen LogP contribution in [0.3, 0.4) is 0 Å². The summed E-state index contributed by atoms with van der Waals surface area (Å²) in [7, 11) is -0.139. The fourth-order valence-electron chi connectivity index (χ4n) is 3.06. The molecule has 5 nitrogen and oxygen atoms in total. The lowest BCUT2D eigenvalue weighted by Gasteiger charge is -2.28. The first kappa shape index (κ1) is 19.4. The Bertz CT molecular complexity index is 1000. The first-order valence-corrected chi connectivity index (χ1v) is 10.2. The molecule has 142 valence electrons. The standard InChI is InChI=1S/C21H24N2O3S/c1-22(2)15-20(24)16-23(19-10-4-3-5-11-19)27(25,26)21-13-12-17-8-6-7-9-18(17)14-21/h3-14,20,24H,15-16H2,1-2H3/t20-/m1/s1. The summed E-state index contributed by atoms with van der Waals surface area (Å²) < 4.78 is 28.1. The van der Waals surface area contributed by atoms with Crippen LogP contribution in [-0.2, 0) is 10.0 Å². The number of hydrogen-bond acceptors (Lipinski definition) is 4. The number of para-hydroxylation sites is 1. The lowest BCUT2D eigenvalue weighted by Crippen LogP contribution is -2.41. The predicted molar refractivity (Wildman–Crippen MR) is 109 cm³/mol. The SMILES string of the molecule is CN(C)C[C@@H](O)CN(c1ccccc1)S(=O)(=O)c1ccc2ccccc2c1. The van der Waals surface area contributed by atoms with Crippen LogP contribution in [0.2, 0.25) is 0 Å². The highest BCUT2D eigenvalue weighted by molar-refractivity contribution is 7.92. The van der Waals surface area contributed by atoms with Crippen molar-refractivity contribution in [3.63, 3.8) is 0 Å². The monoisotopic (exact) mass is 384 g/mol. The van der Waals surface area contributed by atoms with Crippen LogP contribution < -0.4 is 4.31 Å². The summed E-state index contributed by atoms with van der Waals surface area (Å²) in [5.41, 5.74) is 0.531. The number of aliphatic hydroxyl groups is 1. The third-order valence-electron chi connectivity index (χ3n) is 4.31. The fourth-order valence-corrected chi connectivity index (χ4v) is 4.60. The molecule has 0 aromatic heterocycles. The van der Waals surface area contributed by atoms with Crippen molar-refractivity contribution in [2.45, 2.75) is 11.0 Å². The molecule has 3 aromatic rings. The predicted octanol–water partition coefficient (Wildman–Crippen LogP) is 2.96. The molecule has 0 heterocycles. The minimum atomic E-state index is -3.82. The summed E-state index contributed by atoms with van der Waals surface area (Å²) in [6, 6.07) is 21.6. The van der Waals surface area contributed by atoms with Gasteiger partial charge in [0.25, 0.3) is 10.0 Å². The quantitative estimate of drug-likeness (QED) is 0.680. The zero-order valence-electron chi connectivity index (χ0n) is 15.5. The molecule has 0 spiro atoms. The minimum Gasteiger partial charge on any atom is -0.390 e. The van der Waals surface area contributed by atoms with Crippen LogP contribution in [0.15, 0.2) is 77.7 Å². The summed E-state index contributed by atoms with van der Waals surface area (Å²) >= 11 is 0. The highest BCUT2D eigenvalue weighted by Gasteiger charge is 2.27. The van der Waals surface area contributed by atoms with Gasteiger partial charge in [-0.2, -0.15) is 0 Å². The number of aliphatic hydroxyl groups excluding tert-OH is 1. The van der Waals surface area contributed by atoms with E-state index in [2.05, 4.69) is 0 Å². The van der Waals surface area contributed by atoms with Crippen LogP contribution >= 0.6 is 0 Å². The molecule has 1 N–H and O–H groups in total. The lowest BCUT2D eigenvalue weighted by molar-refractivity contribution is 0.145. The number of anilines is 1. The van der Waals surface area contributed by atoms with Gasteiger partial charge in [0.2, 0.25) is 0 Å². The summed E-state index contributed by atoms with van der Waals surface area (Å²) in [5, 5.41) is 12.2.